The zero-order chi connectivity index (χ0) is 33.8. The zero-order valence-corrected chi connectivity index (χ0v) is 22.4. The highest BCUT2D eigenvalue weighted by atomic mass is 19.4. The number of hydrogen-bond acceptors (Lipinski definition) is 8. The Morgan fingerprint density at radius 2 is 1.09 bits per heavy atom. The molecule has 0 aliphatic carbocycles. The van der Waals surface area contributed by atoms with Crippen molar-refractivity contribution in [2.24, 2.45) is 5.41 Å². The summed E-state index contributed by atoms with van der Waals surface area (Å²) in [4.78, 5) is 44.8. The van der Waals surface area contributed by atoms with E-state index in [4.69, 9.17) is 29.7 Å². The lowest BCUT2D eigenvalue weighted by molar-refractivity contribution is -0.193. The first-order chi connectivity index (χ1) is 20.2. The largest absolute Gasteiger partial charge is 0.490 e. The van der Waals surface area contributed by atoms with E-state index in [0.717, 1.165) is 25.6 Å². The number of pyridine rings is 1. The number of hydrogen-bond donors (Lipinski definition) is 3. The van der Waals surface area contributed by atoms with Gasteiger partial charge >= 0.3 is 36.4 Å². The number of piperidine rings is 1. The monoisotopic (exact) mass is 651 g/mol. The van der Waals surface area contributed by atoms with Crippen molar-refractivity contribution in [1.29, 1.82) is 0 Å². The second-order valence-corrected chi connectivity index (χ2v) is 9.23. The van der Waals surface area contributed by atoms with E-state index in [2.05, 4.69) is 36.9 Å². The number of alkyl halides is 9. The van der Waals surface area contributed by atoms with Crippen LogP contribution in [0, 0.1) is 5.41 Å². The number of likely N-dealkylation sites (tertiary alicyclic amines) is 1. The molecule has 0 amide bonds. The number of halogens is 9. The highest BCUT2D eigenvalue weighted by molar-refractivity contribution is 5.73. The van der Waals surface area contributed by atoms with Crippen molar-refractivity contribution in [3.05, 3.63) is 48.5 Å². The van der Waals surface area contributed by atoms with E-state index >= 15 is 0 Å². The minimum absolute atomic E-state index is 0.458. The molecule has 20 heteroatoms. The molecule has 0 radical (unpaired) electrons. The predicted octanol–water partition coefficient (Wildman–Crippen LogP) is 4.26. The minimum Gasteiger partial charge on any atom is -0.475 e. The fourth-order valence-corrected chi connectivity index (χ4v) is 3.87. The first-order valence-electron chi connectivity index (χ1n) is 12.2. The van der Waals surface area contributed by atoms with Crippen LogP contribution >= 0.6 is 0 Å². The van der Waals surface area contributed by atoms with Crippen molar-refractivity contribution in [3.8, 4) is 0 Å². The van der Waals surface area contributed by atoms with Gasteiger partial charge in [0, 0.05) is 38.2 Å². The van der Waals surface area contributed by atoms with E-state index in [-0.39, 0.29) is 0 Å². The van der Waals surface area contributed by atoms with Gasteiger partial charge in [-0.2, -0.15) is 39.5 Å². The van der Waals surface area contributed by atoms with Crippen LogP contribution in [0.3, 0.4) is 0 Å². The Labute approximate surface area is 243 Å². The van der Waals surface area contributed by atoms with Gasteiger partial charge in [-0.15, -0.1) is 0 Å². The van der Waals surface area contributed by atoms with E-state index in [1.54, 1.807) is 0 Å². The highest BCUT2D eigenvalue weighted by Gasteiger charge is 2.42. The molecule has 3 N–H and O–H groups in total. The molecule has 2 aliphatic heterocycles. The third kappa shape index (κ3) is 13.8. The number of rotatable bonds is 3. The Bertz CT molecular complexity index is 1130. The summed E-state index contributed by atoms with van der Waals surface area (Å²) < 4.78 is 95.2. The second kappa shape index (κ2) is 16.0. The van der Waals surface area contributed by atoms with Crippen LogP contribution in [0.2, 0.25) is 0 Å². The molecule has 2 aromatic heterocycles. The zero-order valence-electron chi connectivity index (χ0n) is 22.4. The maximum atomic E-state index is 10.6. The van der Waals surface area contributed by atoms with Gasteiger partial charge < -0.3 is 20.2 Å². The van der Waals surface area contributed by atoms with Gasteiger partial charge in [0.1, 0.15) is 0 Å². The van der Waals surface area contributed by atoms with Gasteiger partial charge in [0.15, 0.2) is 0 Å². The number of carboxylic acids is 3. The lowest BCUT2D eigenvalue weighted by Gasteiger charge is -2.39. The van der Waals surface area contributed by atoms with Crippen LogP contribution < -0.4 is 4.90 Å². The fraction of sp³-hybridized carbons (Fsp3) is 0.500. The molecule has 44 heavy (non-hydrogen) atoms. The van der Waals surface area contributed by atoms with E-state index in [1.807, 2.05) is 30.7 Å². The summed E-state index contributed by atoms with van der Waals surface area (Å²) in [5.74, 6) is -7.38. The van der Waals surface area contributed by atoms with E-state index in [1.165, 1.54) is 38.0 Å². The van der Waals surface area contributed by atoms with Crippen LogP contribution in [0.1, 0.15) is 25.0 Å². The summed E-state index contributed by atoms with van der Waals surface area (Å²) in [6.45, 7) is 5.50. The number of aliphatic carboxylic acids is 3. The van der Waals surface area contributed by atoms with Gasteiger partial charge in [-0.25, -0.2) is 24.4 Å². The molecule has 246 valence electrons. The Morgan fingerprint density at radius 1 is 0.682 bits per heavy atom. The van der Waals surface area contributed by atoms with Gasteiger partial charge in [-0.3, -0.25) is 9.88 Å². The van der Waals surface area contributed by atoms with Crippen molar-refractivity contribution in [2.75, 3.05) is 31.1 Å². The molecule has 1 spiro atoms. The Hall–Kier alpha value is -4.23. The van der Waals surface area contributed by atoms with Crippen molar-refractivity contribution in [2.45, 2.75) is 44.3 Å². The molecule has 11 nitrogen and oxygen atoms in total. The Balaban J connectivity index is 0.000000379. The summed E-state index contributed by atoms with van der Waals surface area (Å²) in [6, 6.07) is 8.05. The van der Waals surface area contributed by atoms with Crippen molar-refractivity contribution in [1.82, 2.24) is 19.9 Å². The van der Waals surface area contributed by atoms with Crippen molar-refractivity contribution < 1.29 is 69.2 Å². The summed E-state index contributed by atoms with van der Waals surface area (Å²) in [6.07, 6.45) is -5.89. The third-order valence-corrected chi connectivity index (χ3v) is 6.03. The topological polar surface area (TPSA) is 157 Å². The standard InChI is InChI=1S/C18H23N5.3C2HF3O2/c1-2-8-19-16(4-1)14-22-11-5-18(6-12-22)7-13-23(15-18)17-20-9-3-10-21-17;3*3-2(4,5)1(6)7/h1-4,8-10H,5-7,11-15H2;3*(H,6,7). The molecular formula is C24H26F9N5O6. The quantitative estimate of drug-likeness (QED) is 0.408. The van der Waals surface area contributed by atoms with Crippen LogP contribution in [0.25, 0.3) is 0 Å². The first kappa shape index (κ1) is 37.8. The summed E-state index contributed by atoms with van der Waals surface area (Å²) in [5.41, 5.74) is 1.63. The maximum Gasteiger partial charge on any atom is 0.490 e. The second-order valence-electron chi connectivity index (χ2n) is 9.23. The van der Waals surface area contributed by atoms with Gasteiger partial charge in [0.25, 0.3) is 0 Å². The van der Waals surface area contributed by atoms with E-state index in [0.29, 0.717) is 5.41 Å². The van der Waals surface area contributed by atoms with Gasteiger partial charge in [-0.1, -0.05) is 6.07 Å². The number of aromatic nitrogens is 3. The average Bonchev–Trinajstić information content (AvgIpc) is 3.34. The van der Waals surface area contributed by atoms with Crippen molar-refractivity contribution >= 4 is 23.9 Å². The average molecular weight is 651 g/mol. The normalized spacial score (nSPS) is 16.3. The molecule has 2 fully saturated rings. The SMILES string of the molecule is O=C(O)C(F)(F)F.O=C(O)C(F)(F)F.O=C(O)C(F)(F)F.c1ccc(CN2CCC3(CC2)CCN(c2ncccn2)C3)nc1. The molecule has 4 heterocycles. The maximum absolute atomic E-state index is 10.6. The predicted molar refractivity (Wildman–Crippen MR) is 131 cm³/mol. The lowest BCUT2D eigenvalue weighted by Crippen LogP contribution is -2.41. The number of carboxylic acid groups (broad SMARTS) is 3. The molecule has 4 rings (SSSR count). The summed E-state index contributed by atoms with van der Waals surface area (Å²) in [7, 11) is 0. The molecule has 0 saturated carbocycles. The molecular weight excluding hydrogens is 625 g/mol. The van der Waals surface area contributed by atoms with E-state index < -0.39 is 36.4 Å². The van der Waals surface area contributed by atoms with Gasteiger partial charge in [0.05, 0.1) is 5.69 Å². The molecule has 0 unspecified atom stereocenters. The fourth-order valence-electron chi connectivity index (χ4n) is 3.87. The summed E-state index contributed by atoms with van der Waals surface area (Å²) in [5, 5.41) is 21.4. The van der Waals surface area contributed by atoms with Gasteiger partial charge in [-0.05, 0) is 56.0 Å². The minimum atomic E-state index is -5.08. The van der Waals surface area contributed by atoms with Crippen LogP contribution in [0.15, 0.2) is 42.9 Å². The van der Waals surface area contributed by atoms with Crippen LogP contribution in [-0.2, 0) is 20.9 Å². The highest BCUT2D eigenvalue weighted by Crippen LogP contribution is 2.41. The van der Waals surface area contributed by atoms with Crippen LogP contribution in [0.5, 0.6) is 0 Å². The number of nitrogens with zero attached hydrogens (tertiary/aromatic N) is 5. The van der Waals surface area contributed by atoms with Crippen LogP contribution in [0.4, 0.5) is 45.5 Å². The molecule has 2 aliphatic rings. The first-order valence-corrected chi connectivity index (χ1v) is 12.2. The molecule has 2 aromatic rings. The smallest absolute Gasteiger partial charge is 0.475 e. The lowest BCUT2D eigenvalue weighted by atomic mass is 9.78. The molecule has 0 aromatic carbocycles. The van der Waals surface area contributed by atoms with Crippen LogP contribution in [-0.4, -0.2) is 97.8 Å². The Kier molecular flexibility index (Phi) is 13.8. The number of anilines is 1. The number of carbonyl (C=O) groups is 3. The third-order valence-electron chi connectivity index (χ3n) is 6.03. The van der Waals surface area contributed by atoms with E-state index in [9.17, 15) is 39.5 Å². The molecule has 0 atom stereocenters. The molecule has 2 saturated heterocycles. The Morgan fingerprint density at radius 3 is 1.48 bits per heavy atom. The molecule has 0 bridgehead atoms. The van der Waals surface area contributed by atoms with Crippen molar-refractivity contribution in [3.63, 3.8) is 0 Å². The van der Waals surface area contributed by atoms with Gasteiger partial charge in [0.2, 0.25) is 5.95 Å². The summed E-state index contributed by atoms with van der Waals surface area (Å²) >= 11 is 0.